The minimum atomic E-state index is -0.824. The molecule has 20 heavy (non-hydrogen) atoms. The van der Waals surface area contributed by atoms with Crippen LogP contribution in [0.25, 0.3) is 0 Å². The maximum atomic E-state index is 9.86. The molecule has 0 spiro atoms. The maximum Gasteiger partial charge on any atom is 0.122 e. The molecule has 0 unspecified atom stereocenters. The Morgan fingerprint density at radius 2 is 1.30 bits per heavy atom. The van der Waals surface area contributed by atoms with Gasteiger partial charge in [-0.2, -0.15) is 0 Å². The number of para-hydroxylation sites is 1. The van der Waals surface area contributed by atoms with Gasteiger partial charge in [-0.3, -0.25) is 0 Å². The fourth-order valence-electron chi connectivity index (χ4n) is 1.79. The number of hydrogen-bond acceptors (Lipinski definition) is 3. The average molecular weight is 272 g/mol. The van der Waals surface area contributed by atoms with E-state index in [1.807, 2.05) is 54.6 Å². The quantitative estimate of drug-likeness (QED) is 0.819. The van der Waals surface area contributed by atoms with Crippen molar-refractivity contribution in [1.29, 1.82) is 0 Å². The van der Waals surface area contributed by atoms with E-state index in [4.69, 9.17) is 9.47 Å². The van der Waals surface area contributed by atoms with Crippen LogP contribution in [0, 0.1) is 0 Å². The zero-order valence-corrected chi connectivity index (χ0v) is 11.9. The second-order valence-electron chi connectivity index (χ2n) is 5.09. The van der Waals surface area contributed by atoms with Crippen LogP contribution in [0.3, 0.4) is 0 Å². The fraction of sp³-hybridized carbons (Fsp3) is 0.294. The molecule has 0 aliphatic rings. The number of benzene rings is 2. The van der Waals surface area contributed by atoms with Gasteiger partial charge in [-0.15, -0.1) is 0 Å². The van der Waals surface area contributed by atoms with Gasteiger partial charge < -0.3 is 14.6 Å². The standard InChI is InChI=1S/C17H20O3/c1-17(2,18)14-8-10-16(11-9-14)20-13-12-19-15-6-4-3-5-7-15/h3-11,18H,12-13H2,1-2H3. The molecule has 2 aromatic rings. The fourth-order valence-corrected chi connectivity index (χ4v) is 1.79. The Kier molecular flexibility index (Phi) is 4.64. The van der Waals surface area contributed by atoms with Gasteiger partial charge in [-0.25, -0.2) is 0 Å². The summed E-state index contributed by atoms with van der Waals surface area (Å²) in [5.74, 6) is 1.61. The summed E-state index contributed by atoms with van der Waals surface area (Å²) < 4.78 is 11.1. The molecule has 0 radical (unpaired) electrons. The SMILES string of the molecule is CC(C)(O)c1ccc(OCCOc2ccccc2)cc1. The molecule has 106 valence electrons. The molecule has 3 nitrogen and oxygen atoms in total. The zero-order chi connectivity index (χ0) is 14.4. The van der Waals surface area contributed by atoms with E-state index in [0.29, 0.717) is 13.2 Å². The third kappa shape index (κ3) is 4.28. The smallest absolute Gasteiger partial charge is 0.122 e. The molecule has 3 heteroatoms. The summed E-state index contributed by atoms with van der Waals surface area (Å²) in [4.78, 5) is 0. The highest BCUT2D eigenvalue weighted by atomic mass is 16.5. The molecule has 2 rings (SSSR count). The normalized spacial score (nSPS) is 11.2. The molecule has 0 aliphatic heterocycles. The van der Waals surface area contributed by atoms with Crippen LogP contribution in [0.4, 0.5) is 0 Å². The van der Waals surface area contributed by atoms with Crippen molar-refractivity contribution in [2.45, 2.75) is 19.4 Å². The first-order valence-electron chi connectivity index (χ1n) is 6.69. The first kappa shape index (κ1) is 14.4. The van der Waals surface area contributed by atoms with E-state index in [-0.39, 0.29) is 0 Å². The summed E-state index contributed by atoms with van der Waals surface area (Å²) >= 11 is 0. The van der Waals surface area contributed by atoms with Crippen molar-refractivity contribution in [3.63, 3.8) is 0 Å². The van der Waals surface area contributed by atoms with Gasteiger partial charge in [0.05, 0.1) is 5.60 Å². The zero-order valence-electron chi connectivity index (χ0n) is 11.9. The van der Waals surface area contributed by atoms with Crippen molar-refractivity contribution in [2.24, 2.45) is 0 Å². The summed E-state index contributed by atoms with van der Waals surface area (Å²) in [7, 11) is 0. The van der Waals surface area contributed by atoms with Crippen molar-refractivity contribution in [1.82, 2.24) is 0 Å². The predicted octanol–water partition coefficient (Wildman–Crippen LogP) is 3.37. The molecule has 0 amide bonds. The summed E-state index contributed by atoms with van der Waals surface area (Å²) in [5, 5.41) is 9.86. The molecule has 2 aromatic carbocycles. The molecule has 0 aliphatic carbocycles. The summed E-state index contributed by atoms with van der Waals surface area (Å²) in [6.45, 7) is 4.50. The van der Waals surface area contributed by atoms with Crippen LogP contribution >= 0.6 is 0 Å². The number of aliphatic hydroxyl groups is 1. The summed E-state index contributed by atoms with van der Waals surface area (Å²) in [5.41, 5.74) is 0.0416. The Bertz CT molecular complexity index is 512. The highest BCUT2D eigenvalue weighted by molar-refractivity contribution is 5.30. The van der Waals surface area contributed by atoms with Gasteiger partial charge >= 0.3 is 0 Å². The minimum Gasteiger partial charge on any atom is -0.490 e. The molecule has 0 heterocycles. The molecular formula is C17H20O3. The Morgan fingerprint density at radius 3 is 1.80 bits per heavy atom. The van der Waals surface area contributed by atoms with E-state index < -0.39 is 5.60 Å². The van der Waals surface area contributed by atoms with Crippen LogP contribution in [-0.4, -0.2) is 18.3 Å². The lowest BCUT2D eigenvalue weighted by Crippen LogP contribution is -2.15. The first-order chi connectivity index (χ1) is 9.55. The van der Waals surface area contributed by atoms with Crippen LogP contribution in [0.15, 0.2) is 54.6 Å². The molecular weight excluding hydrogens is 252 g/mol. The van der Waals surface area contributed by atoms with Crippen LogP contribution in [0.1, 0.15) is 19.4 Å². The predicted molar refractivity (Wildman–Crippen MR) is 79.1 cm³/mol. The molecule has 0 bridgehead atoms. The Labute approximate surface area is 119 Å². The Morgan fingerprint density at radius 1 is 0.800 bits per heavy atom. The van der Waals surface area contributed by atoms with Gasteiger partial charge in [-0.1, -0.05) is 30.3 Å². The van der Waals surface area contributed by atoms with Gasteiger partial charge in [-0.05, 0) is 43.7 Å². The van der Waals surface area contributed by atoms with Crippen LogP contribution in [0.5, 0.6) is 11.5 Å². The molecule has 0 fully saturated rings. The van der Waals surface area contributed by atoms with E-state index in [2.05, 4.69) is 0 Å². The first-order valence-corrected chi connectivity index (χ1v) is 6.69. The minimum absolute atomic E-state index is 0.483. The van der Waals surface area contributed by atoms with Crippen molar-refractivity contribution >= 4 is 0 Å². The molecule has 0 saturated carbocycles. The highest BCUT2D eigenvalue weighted by Gasteiger charge is 2.15. The van der Waals surface area contributed by atoms with Gasteiger partial charge in [0.2, 0.25) is 0 Å². The summed E-state index contributed by atoms with van der Waals surface area (Å²) in [6, 6.07) is 17.1. The topological polar surface area (TPSA) is 38.7 Å². The molecule has 0 saturated heterocycles. The second kappa shape index (κ2) is 6.44. The number of rotatable bonds is 6. The lowest BCUT2D eigenvalue weighted by Gasteiger charge is -2.18. The average Bonchev–Trinajstić information content (AvgIpc) is 2.44. The maximum absolute atomic E-state index is 9.86. The molecule has 0 aromatic heterocycles. The van der Waals surface area contributed by atoms with E-state index in [1.165, 1.54) is 0 Å². The van der Waals surface area contributed by atoms with E-state index in [1.54, 1.807) is 13.8 Å². The van der Waals surface area contributed by atoms with E-state index in [9.17, 15) is 5.11 Å². The number of hydrogen-bond donors (Lipinski definition) is 1. The molecule has 0 atom stereocenters. The van der Waals surface area contributed by atoms with Crippen LogP contribution < -0.4 is 9.47 Å². The third-order valence-electron chi connectivity index (χ3n) is 2.92. The van der Waals surface area contributed by atoms with Crippen LogP contribution in [-0.2, 0) is 5.60 Å². The lowest BCUT2D eigenvalue weighted by atomic mass is 9.99. The van der Waals surface area contributed by atoms with Gasteiger partial charge in [0, 0.05) is 0 Å². The van der Waals surface area contributed by atoms with Crippen LogP contribution in [0.2, 0.25) is 0 Å². The lowest BCUT2D eigenvalue weighted by molar-refractivity contribution is 0.0785. The second-order valence-corrected chi connectivity index (χ2v) is 5.09. The van der Waals surface area contributed by atoms with Gasteiger partial charge in [0.25, 0.3) is 0 Å². The largest absolute Gasteiger partial charge is 0.490 e. The van der Waals surface area contributed by atoms with Crippen molar-refractivity contribution in [3.8, 4) is 11.5 Å². The van der Waals surface area contributed by atoms with Gasteiger partial charge in [0.15, 0.2) is 0 Å². The highest BCUT2D eigenvalue weighted by Crippen LogP contribution is 2.22. The monoisotopic (exact) mass is 272 g/mol. The van der Waals surface area contributed by atoms with Crippen molar-refractivity contribution < 1.29 is 14.6 Å². The van der Waals surface area contributed by atoms with Gasteiger partial charge in [0.1, 0.15) is 24.7 Å². The van der Waals surface area contributed by atoms with E-state index >= 15 is 0 Å². The summed E-state index contributed by atoms with van der Waals surface area (Å²) in [6.07, 6.45) is 0. The number of ether oxygens (including phenoxy) is 2. The van der Waals surface area contributed by atoms with Crippen molar-refractivity contribution in [3.05, 3.63) is 60.2 Å². The van der Waals surface area contributed by atoms with E-state index in [0.717, 1.165) is 17.1 Å². The third-order valence-corrected chi connectivity index (χ3v) is 2.92. The van der Waals surface area contributed by atoms with Crippen molar-refractivity contribution in [2.75, 3.05) is 13.2 Å². The molecule has 1 N–H and O–H groups in total. The Balaban J connectivity index is 1.77. The Hall–Kier alpha value is -2.00.